The van der Waals surface area contributed by atoms with Gasteiger partial charge in [-0.2, -0.15) is 0 Å². The SMILES string of the molecule is C=C/C=C/[C@](C)(C=C)[C@@H](C)CC(=O)OC. The molecule has 0 saturated heterocycles. The molecule has 0 heterocycles. The first-order valence-electron chi connectivity index (χ1n) is 5.00. The monoisotopic (exact) mass is 208 g/mol. The summed E-state index contributed by atoms with van der Waals surface area (Å²) in [5.74, 6) is -0.0405. The van der Waals surface area contributed by atoms with Gasteiger partial charge in [0.15, 0.2) is 0 Å². The van der Waals surface area contributed by atoms with Crippen LogP contribution in [0, 0.1) is 11.3 Å². The van der Waals surface area contributed by atoms with Gasteiger partial charge >= 0.3 is 5.97 Å². The summed E-state index contributed by atoms with van der Waals surface area (Å²) in [4.78, 5) is 11.2. The maximum absolute atomic E-state index is 11.2. The minimum absolute atomic E-state index is 0.152. The summed E-state index contributed by atoms with van der Waals surface area (Å²) in [6.07, 6.45) is 7.82. The largest absolute Gasteiger partial charge is 0.469 e. The predicted octanol–water partition coefficient (Wildman–Crippen LogP) is 3.12. The van der Waals surface area contributed by atoms with Gasteiger partial charge in [-0.3, -0.25) is 4.79 Å². The van der Waals surface area contributed by atoms with Crippen LogP contribution in [0.2, 0.25) is 0 Å². The van der Waals surface area contributed by atoms with Crippen LogP contribution < -0.4 is 0 Å². The van der Waals surface area contributed by atoms with Gasteiger partial charge in [-0.1, -0.05) is 44.7 Å². The molecule has 0 rings (SSSR count). The van der Waals surface area contributed by atoms with Crippen molar-refractivity contribution in [3.05, 3.63) is 37.5 Å². The first-order valence-corrected chi connectivity index (χ1v) is 5.00. The minimum atomic E-state index is -0.206. The molecular weight excluding hydrogens is 188 g/mol. The van der Waals surface area contributed by atoms with E-state index in [-0.39, 0.29) is 17.3 Å². The van der Waals surface area contributed by atoms with E-state index in [0.29, 0.717) is 6.42 Å². The normalized spacial score (nSPS) is 16.7. The lowest BCUT2D eigenvalue weighted by atomic mass is 9.76. The van der Waals surface area contributed by atoms with Crippen LogP contribution >= 0.6 is 0 Å². The molecule has 0 unspecified atom stereocenters. The van der Waals surface area contributed by atoms with Crippen molar-refractivity contribution < 1.29 is 9.53 Å². The maximum Gasteiger partial charge on any atom is 0.305 e. The molecular formula is C13H20O2. The van der Waals surface area contributed by atoms with Gasteiger partial charge < -0.3 is 4.74 Å². The van der Waals surface area contributed by atoms with Crippen molar-refractivity contribution in [2.75, 3.05) is 7.11 Å². The number of rotatable bonds is 6. The zero-order valence-corrected chi connectivity index (χ0v) is 9.82. The van der Waals surface area contributed by atoms with E-state index in [0.717, 1.165) is 0 Å². The first kappa shape index (κ1) is 13.7. The number of carbonyl (C=O) groups excluding carboxylic acids is 1. The number of hydrogen-bond acceptors (Lipinski definition) is 2. The third-order valence-corrected chi connectivity index (χ3v) is 2.79. The van der Waals surface area contributed by atoms with Crippen molar-refractivity contribution in [1.82, 2.24) is 0 Å². The molecule has 0 aliphatic heterocycles. The Kier molecular flexibility index (Phi) is 5.68. The molecule has 0 aliphatic rings. The molecule has 0 N–H and O–H groups in total. The van der Waals surface area contributed by atoms with Gasteiger partial charge in [0.25, 0.3) is 0 Å². The lowest BCUT2D eigenvalue weighted by Crippen LogP contribution is -2.23. The average Bonchev–Trinajstić information content (AvgIpc) is 2.25. The van der Waals surface area contributed by atoms with E-state index in [1.165, 1.54) is 7.11 Å². The first-order chi connectivity index (χ1) is 7.00. The van der Waals surface area contributed by atoms with Gasteiger partial charge in [0.1, 0.15) is 0 Å². The molecule has 0 aromatic heterocycles. The van der Waals surface area contributed by atoms with E-state index in [9.17, 15) is 4.79 Å². The quantitative estimate of drug-likeness (QED) is 0.381. The molecule has 0 radical (unpaired) electrons. The summed E-state index contributed by atoms with van der Waals surface area (Å²) in [5, 5.41) is 0. The number of hydrogen-bond donors (Lipinski definition) is 0. The molecule has 0 aromatic carbocycles. The summed E-state index contributed by atoms with van der Waals surface area (Å²) < 4.78 is 4.65. The van der Waals surface area contributed by atoms with Gasteiger partial charge in [-0.15, -0.1) is 6.58 Å². The summed E-state index contributed by atoms with van der Waals surface area (Å²) in [7, 11) is 1.40. The minimum Gasteiger partial charge on any atom is -0.469 e. The number of ether oxygens (including phenoxy) is 1. The van der Waals surface area contributed by atoms with Crippen molar-refractivity contribution >= 4 is 5.97 Å². The number of methoxy groups -OCH3 is 1. The zero-order valence-electron chi connectivity index (χ0n) is 9.82. The summed E-state index contributed by atoms with van der Waals surface area (Å²) in [5.41, 5.74) is -0.206. The van der Waals surface area contributed by atoms with E-state index in [1.54, 1.807) is 6.08 Å². The maximum atomic E-state index is 11.2. The molecule has 0 aromatic rings. The zero-order chi connectivity index (χ0) is 11.9. The number of carbonyl (C=O) groups is 1. The molecule has 0 saturated carbocycles. The van der Waals surface area contributed by atoms with E-state index < -0.39 is 0 Å². The number of allylic oxidation sites excluding steroid dienone is 4. The highest BCUT2D eigenvalue weighted by atomic mass is 16.5. The Labute approximate surface area is 92.3 Å². The second-order valence-electron chi connectivity index (χ2n) is 3.85. The second-order valence-corrected chi connectivity index (χ2v) is 3.85. The fourth-order valence-corrected chi connectivity index (χ4v) is 1.26. The van der Waals surface area contributed by atoms with Crippen molar-refractivity contribution in [2.24, 2.45) is 11.3 Å². The van der Waals surface area contributed by atoms with Crippen molar-refractivity contribution in [3.63, 3.8) is 0 Å². The van der Waals surface area contributed by atoms with E-state index >= 15 is 0 Å². The predicted molar refractivity (Wildman–Crippen MR) is 63.4 cm³/mol. The second kappa shape index (κ2) is 6.23. The third-order valence-electron chi connectivity index (χ3n) is 2.79. The lowest BCUT2D eigenvalue weighted by molar-refractivity contribution is -0.142. The van der Waals surface area contributed by atoms with Crippen molar-refractivity contribution in [2.45, 2.75) is 20.3 Å². The highest BCUT2D eigenvalue weighted by Gasteiger charge is 2.26. The fraction of sp³-hybridized carbons (Fsp3) is 0.462. The van der Waals surface area contributed by atoms with Gasteiger partial charge in [0, 0.05) is 11.8 Å². The van der Waals surface area contributed by atoms with Crippen LogP contribution in [0.15, 0.2) is 37.5 Å². The summed E-state index contributed by atoms with van der Waals surface area (Å²) in [6.45, 7) is 11.5. The smallest absolute Gasteiger partial charge is 0.305 e. The Hall–Kier alpha value is -1.31. The summed E-state index contributed by atoms with van der Waals surface area (Å²) in [6, 6.07) is 0. The molecule has 0 amide bonds. The topological polar surface area (TPSA) is 26.3 Å². The lowest BCUT2D eigenvalue weighted by Gasteiger charge is -2.28. The van der Waals surface area contributed by atoms with Crippen LogP contribution in [0.3, 0.4) is 0 Å². The average molecular weight is 208 g/mol. The van der Waals surface area contributed by atoms with Crippen molar-refractivity contribution in [1.29, 1.82) is 0 Å². The van der Waals surface area contributed by atoms with E-state index in [2.05, 4.69) is 17.9 Å². The van der Waals surface area contributed by atoms with Gasteiger partial charge in [-0.05, 0) is 5.92 Å². The number of esters is 1. The highest BCUT2D eigenvalue weighted by molar-refractivity contribution is 5.69. The Balaban J connectivity index is 4.64. The van der Waals surface area contributed by atoms with Crippen LogP contribution in [0.25, 0.3) is 0 Å². The Morgan fingerprint density at radius 3 is 2.53 bits per heavy atom. The van der Waals surface area contributed by atoms with Crippen LogP contribution in [0.4, 0.5) is 0 Å². The molecule has 0 bridgehead atoms. The Morgan fingerprint density at radius 1 is 1.53 bits per heavy atom. The third kappa shape index (κ3) is 4.15. The van der Waals surface area contributed by atoms with Crippen LogP contribution in [0.1, 0.15) is 20.3 Å². The highest BCUT2D eigenvalue weighted by Crippen LogP contribution is 2.32. The molecule has 2 atom stereocenters. The van der Waals surface area contributed by atoms with Crippen LogP contribution in [-0.2, 0) is 9.53 Å². The van der Waals surface area contributed by atoms with Crippen LogP contribution in [-0.4, -0.2) is 13.1 Å². The Bertz CT molecular complexity index is 266. The molecule has 2 nitrogen and oxygen atoms in total. The van der Waals surface area contributed by atoms with Gasteiger partial charge in [0.2, 0.25) is 0 Å². The molecule has 15 heavy (non-hydrogen) atoms. The van der Waals surface area contributed by atoms with Crippen LogP contribution in [0.5, 0.6) is 0 Å². The fourth-order valence-electron chi connectivity index (χ4n) is 1.26. The molecule has 0 spiro atoms. The van der Waals surface area contributed by atoms with Gasteiger partial charge in [0.05, 0.1) is 7.11 Å². The summed E-state index contributed by atoms with van der Waals surface area (Å²) >= 11 is 0. The van der Waals surface area contributed by atoms with E-state index in [4.69, 9.17) is 0 Å². The standard InChI is InChI=1S/C13H20O2/c1-6-8-9-13(4,7-2)11(3)10-12(14)15-5/h6-9,11H,1-2,10H2,3-5H3/b9-8+/t11-,13-/m0/s1. The molecule has 0 aliphatic carbocycles. The van der Waals surface area contributed by atoms with Gasteiger partial charge in [-0.25, -0.2) is 0 Å². The molecule has 2 heteroatoms. The Morgan fingerprint density at radius 2 is 2.13 bits per heavy atom. The molecule has 0 fully saturated rings. The van der Waals surface area contributed by atoms with E-state index in [1.807, 2.05) is 32.1 Å². The van der Waals surface area contributed by atoms with Crippen molar-refractivity contribution in [3.8, 4) is 0 Å². The molecule has 84 valence electrons.